The smallest absolute Gasteiger partial charge is 0.0738 e. The van der Waals surface area contributed by atoms with Gasteiger partial charge >= 0.3 is 0 Å². The van der Waals surface area contributed by atoms with Crippen LogP contribution < -0.4 is 5.73 Å². The Morgan fingerprint density at radius 3 is 2.59 bits per heavy atom. The maximum Gasteiger partial charge on any atom is 0.0738 e. The fourth-order valence-electron chi connectivity index (χ4n) is 1.95. The molecule has 98 valence electrons. The van der Waals surface area contributed by atoms with Crippen LogP contribution in [0.25, 0.3) is 0 Å². The van der Waals surface area contributed by atoms with Crippen LogP contribution in [-0.2, 0) is 13.0 Å². The first kappa shape index (κ1) is 14.7. The molecule has 1 aromatic rings. The van der Waals surface area contributed by atoms with Crippen LogP contribution in [0.15, 0.2) is 4.47 Å². The maximum atomic E-state index is 6.06. The molecule has 2 N–H and O–H groups in total. The first-order chi connectivity index (χ1) is 7.97. The molecular weight excluding hydrogens is 278 g/mol. The van der Waals surface area contributed by atoms with E-state index in [1.165, 1.54) is 5.69 Å². The highest BCUT2D eigenvalue weighted by molar-refractivity contribution is 9.10. The molecule has 0 amide bonds. The third-order valence-electron chi connectivity index (χ3n) is 3.26. The number of aromatic nitrogens is 2. The minimum absolute atomic E-state index is 0.313. The maximum absolute atomic E-state index is 6.06. The predicted octanol–water partition coefficient (Wildman–Crippen LogP) is 3.28. The first-order valence-electron chi connectivity index (χ1n) is 6.44. The largest absolute Gasteiger partial charge is 0.327 e. The summed E-state index contributed by atoms with van der Waals surface area (Å²) in [5.74, 6) is 0.566. The van der Waals surface area contributed by atoms with Crippen LogP contribution in [-0.4, -0.2) is 15.8 Å². The van der Waals surface area contributed by atoms with Gasteiger partial charge in [-0.25, -0.2) is 0 Å². The highest BCUT2D eigenvalue weighted by Gasteiger charge is 2.13. The summed E-state index contributed by atoms with van der Waals surface area (Å²) in [6.07, 6.45) is 3.26. The molecule has 1 atom stereocenters. The molecule has 0 radical (unpaired) electrons. The zero-order valence-electron chi connectivity index (χ0n) is 11.3. The zero-order chi connectivity index (χ0) is 13.0. The van der Waals surface area contributed by atoms with E-state index in [1.807, 2.05) is 6.92 Å². The quantitative estimate of drug-likeness (QED) is 0.876. The molecule has 1 heterocycles. The van der Waals surface area contributed by atoms with Crippen molar-refractivity contribution in [2.45, 2.75) is 59.5 Å². The van der Waals surface area contributed by atoms with Crippen molar-refractivity contribution in [1.82, 2.24) is 9.78 Å². The van der Waals surface area contributed by atoms with E-state index in [-0.39, 0.29) is 0 Å². The first-order valence-corrected chi connectivity index (χ1v) is 7.24. The van der Waals surface area contributed by atoms with E-state index in [2.05, 4.69) is 46.5 Å². The van der Waals surface area contributed by atoms with Gasteiger partial charge in [0.25, 0.3) is 0 Å². The Labute approximate surface area is 113 Å². The van der Waals surface area contributed by atoms with Crippen molar-refractivity contribution in [3.63, 3.8) is 0 Å². The number of halogens is 1. The average molecular weight is 302 g/mol. The SMILES string of the molecule is CCn1nc(C)c(Br)c1CCCC(N)C(C)C. The molecule has 0 spiro atoms. The van der Waals surface area contributed by atoms with Gasteiger partial charge in [-0.2, -0.15) is 5.10 Å². The molecule has 0 fully saturated rings. The zero-order valence-corrected chi connectivity index (χ0v) is 12.9. The number of nitrogens with two attached hydrogens (primary N) is 1. The summed E-state index contributed by atoms with van der Waals surface area (Å²) < 4.78 is 3.25. The minimum Gasteiger partial charge on any atom is -0.327 e. The second-order valence-corrected chi connectivity index (χ2v) is 5.75. The molecule has 0 saturated carbocycles. The lowest BCUT2D eigenvalue weighted by atomic mass is 9.99. The minimum atomic E-state index is 0.313. The lowest BCUT2D eigenvalue weighted by molar-refractivity contribution is 0.448. The molecule has 1 unspecified atom stereocenters. The van der Waals surface area contributed by atoms with E-state index in [0.717, 1.165) is 36.0 Å². The second-order valence-electron chi connectivity index (χ2n) is 4.96. The average Bonchev–Trinajstić information content (AvgIpc) is 2.56. The number of rotatable bonds is 6. The van der Waals surface area contributed by atoms with Crippen LogP contribution in [0.3, 0.4) is 0 Å². The number of aryl methyl sites for hydroxylation is 2. The van der Waals surface area contributed by atoms with Crippen LogP contribution in [0.2, 0.25) is 0 Å². The molecule has 0 aliphatic rings. The van der Waals surface area contributed by atoms with Crippen LogP contribution >= 0.6 is 15.9 Å². The summed E-state index contributed by atoms with van der Waals surface area (Å²) in [5, 5.41) is 4.50. The van der Waals surface area contributed by atoms with E-state index in [0.29, 0.717) is 12.0 Å². The van der Waals surface area contributed by atoms with Crippen LogP contribution in [0.1, 0.15) is 45.0 Å². The van der Waals surface area contributed by atoms with Gasteiger partial charge in [0.05, 0.1) is 15.9 Å². The topological polar surface area (TPSA) is 43.8 Å². The van der Waals surface area contributed by atoms with E-state index in [4.69, 9.17) is 5.73 Å². The molecule has 0 bridgehead atoms. The molecule has 0 aliphatic carbocycles. The number of nitrogens with zero attached hydrogens (tertiary/aromatic N) is 2. The van der Waals surface area contributed by atoms with Gasteiger partial charge in [-0.3, -0.25) is 4.68 Å². The van der Waals surface area contributed by atoms with Crippen LogP contribution in [0, 0.1) is 12.8 Å². The highest BCUT2D eigenvalue weighted by Crippen LogP contribution is 2.23. The van der Waals surface area contributed by atoms with Gasteiger partial charge in [0.2, 0.25) is 0 Å². The lowest BCUT2D eigenvalue weighted by Crippen LogP contribution is -2.26. The molecule has 1 rings (SSSR count). The third kappa shape index (κ3) is 3.81. The fraction of sp³-hybridized carbons (Fsp3) is 0.769. The summed E-state index contributed by atoms with van der Waals surface area (Å²) >= 11 is 3.62. The Morgan fingerprint density at radius 2 is 2.06 bits per heavy atom. The Morgan fingerprint density at radius 1 is 1.41 bits per heavy atom. The van der Waals surface area contributed by atoms with Crippen LogP contribution in [0.4, 0.5) is 0 Å². The predicted molar refractivity (Wildman–Crippen MR) is 76.1 cm³/mol. The number of hydrogen-bond acceptors (Lipinski definition) is 2. The van der Waals surface area contributed by atoms with Gasteiger partial charge < -0.3 is 5.73 Å². The van der Waals surface area contributed by atoms with Gasteiger partial charge in [-0.1, -0.05) is 13.8 Å². The second kappa shape index (κ2) is 6.55. The van der Waals surface area contributed by atoms with E-state index in [9.17, 15) is 0 Å². The van der Waals surface area contributed by atoms with Crippen molar-refractivity contribution >= 4 is 15.9 Å². The van der Waals surface area contributed by atoms with Crippen molar-refractivity contribution < 1.29 is 0 Å². The van der Waals surface area contributed by atoms with Gasteiger partial charge in [0.15, 0.2) is 0 Å². The normalized spacial score (nSPS) is 13.4. The standard InChI is InChI=1S/C13H24BrN3/c1-5-17-12(13(14)10(4)16-17)8-6-7-11(15)9(2)3/h9,11H,5-8,15H2,1-4H3. The summed E-state index contributed by atoms with van der Waals surface area (Å²) in [7, 11) is 0. The number of hydrogen-bond donors (Lipinski definition) is 1. The Kier molecular flexibility index (Phi) is 5.67. The monoisotopic (exact) mass is 301 g/mol. The highest BCUT2D eigenvalue weighted by atomic mass is 79.9. The van der Waals surface area contributed by atoms with Crippen molar-refractivity contribution in [1.29, 1.82) is 0 Å². The third-order valence-corrected chi connectivity index (χ3v) is 4.29. The van der Waals surface area contributed by atoms with E-state index < -0.39 is 0 Å². The summed E-state index contributed by atoms with van der Waals surface area (Å²) in [4.78, 5) is 0. The molecule has 3 nitrogen and oxygen atoms in total. The van der Waals surface area contributed by atoms with E-state index in [1.54, 1.807) is 0 Å². The van der Waals surface area contributed by atoms with Crippen molar-refractivity contribution in [2.75, 3.05) is 0 Å². The summed E-state index contributed by atoms with van der Waals surface area (Å²) in [6, 6.07) is 0.313. The van der Waals surface area contributed by atoms with Crippen molar-refractivity contribution in [3.05, 3.63) is 15.9 Å². The molecule has 17 heavy (non-hydrogen) atoms. The molecule has 0 aliphatic heterocycles. The fourth-order valence-corrected chi connectivity index (χ4v) is 2.43. The molecule has 1 aromatic heterocycles. The summed E-state index contributed by atoms with van der Waals surface area (Å²) in [6.45, 7) is 9.46. The van der Waals surface area contributed by atoms with Gasteiger partial charge in [0, 0.05) is 12.6 Å². The molecule has 0 aromatic carbocycles. The van der Waals surface area contributed by atoms with Gasteiger partial charge in [-0.05, 0) is 55.0 Å². The Hall–Kier alpha value is -0.350. The lowest BCUT2D eigenvalue weighted by Gasteiger charge is -2.15. The molecule has 0 saturated heterocycles. The molecule has 4 heteroatoms. The van der Waals surface area contributed by atoms with Crippen molar-refractivity contribution in [3.8, 4) is 0 Å². The Balaban J connectivity index is 2.57. The van der Waals surface area contributed by atoms with Gasteiger partial charge in [0.1, 0.15) is 0 Å². The van der Waals surface area contributed by atoms with E-state index >= 15 is 0 Å². The van der Waals surface area contributed by atoms with Gasteiger partial charge in [-0.15, -0.1) is 0 Å². The Bertz CT molecular complexity index is 358. The molecular formula is C13H24BrN3. The van der Waals surface area contributed by atoms with Crippen molar-refractivity contribution in [2.24, 2.45) is 11.7 Å². The van der Waals surface area contributed by atoms with Crippen LogP contribution in [0.5, 0.6) is 0 Å². The summed E-state index contributed by atoms with van der Waals surface area (Å²) in [5.41, 5.74) is 8.45.